The first-order valence-electron chi connectivity index (χ1n) is 9.44. The Morgan fingerprint density at radius 1 is 0.929 bits per heavy atom. The number of anilines is 1. The van der Waals surface area contributed by atoms with Crippen molar-refractivity contribution in [1.29, 1.82) is 0 Å². The third-order valence-electron chi connectivity index (χ3n) is 5.62. The molecule has 146 valence electrons. The molecule has 2 heterocycles. The average molecular weight is 394 g/mol. The third-order valence-corrected chi connectivity index (χ3v) is 6.80. The van der Waals surface area contributed by atoms with Crippen LogP contribution >= 0.6 is 11.8 Å². The summed E-state index contributed by atoms with van der Waals surface area (Å²) in [6.07, 6.45) is 6.98. The van der Waals surface area contributed by atoms with Crippen molar-refractivity contribution >= 4 is 17.6 Å². The lowest BCUT2D eigenvalue weighted by Gasteiger charge is -2.17. The Balaban J connectivity index is 2.07. The lowest BCUT2D eigenvalue weighted by Crippen LogP contribution is -2.12. The van der Waals surface area contributed by atoms with Crippen molar-refractivity contribution in [3.63, 3.8) is 0 Å². The van der Waals surface area contributed by atoms with Gasteiger partial charge in [-0.05, 0) is 87.5 Å². The molecule has 0 saturated carbocycles. The molecule has 1 aromatic rings. The quantitative estimate of drug-likeness (QED) is 0.499. The molecular weight excluding hydrogens is 366 g/mol. The van der Waals surface area contributed by atoms with Crippen LogP contribution in [0.4, 0.5) is 5.82 Å². The first-order valence-corrected chi connectivity index (χ1v) is 10.3. The monoisotopic (exact) mass is 393 g/mol. The van der Waals surface area contributed by atoms with E-state index in [4.69, 9.17) is 22.1 Å². The molecule has 3 rings (SSSR count). The van der Waals surface area contributed by atoms with Crippen LogP contribution in [0.5, 0.6) is 0 Å². The minimum Gasteiger partial charge on any atom is -0.382 e. The predicted octanol–water partition coefficient (Wildman–Crippen LogP) is 4.78. The molecule has 0 spiro atoms. The number of unbranched alkanes of at least 4 members (excludes halogenated alkanes) is 1. The van der Waals surface area contributed by atoms with Gasteiger partial charge in [0.05, 0.1) is 0 Å². The summed E-state index contributed by atoms with van der Waals surface area (Å²) in [6.45, 7) is 13.6. The van der Waals surface area contributed by atoms with Crippen molar-refractivity contribution in [2.24, 2.45) is 0 Å². The number of fused-ring (bicyclic) bond motifs is 1. The summed E-state index contributed by atoms with van der Waals surface area (Å²) < 4.78 is 2.06. The number of hydrogen-bond donors (Lipinski definition) is 1. The SMILES string of the molecule is C#CCCCn1c(C)nc(N)c2nc(Sc3c(C)c(C)c(C)c(C)c3C)nc1-2. The molecule has 5 nitrogen and oxygen atoms in total. The smallest absolute Gasteiger partial charge is 0.195 e. The number of hydrogen-bond acceptors (Lipinski definition) is 5. The highest BCUT2D eigenvalue weighted by Crippen LogP contribution is 2.38. The number of aryl methyl sites for hydroxylation is 1. The minimum absolute atomic E-state index is 0.421. The van der Waals surface area contributed by atoms with Gasteiger partial charge in [-0.3, -0.25) is 0 Å². The number of nitrogens with zero attached hydrogens (tertiary/aromatic N) is 4. The van der Waals surface area contributed by atoms with Crippen molar-refractivity contribution in [3.05, 3.63) is 33.6 Å². The molecule has 2 aliphatic heterocycles. The van der Waals surface area contributed by atoms with E-state index < -0.39 is 0 Å². The van der Waals surface area contributed by atoms with Gasteiger partial charge in [0, 0.05) is 17.9 Å². The zero-order chi connectivity index (χ0) is 20.6. The van der Waals surface area contributed by atoms with Crippen LogP contribution < -0.4 is 5.73 Å². The summed E-state index contributed by atoms with van der Waals surface area (Å²) in [5.74, 6) is 4.71. The molecular formula is C22H27N5S. The Kier molecular flexibility index (Phi) is 5.66. The molecule has 2 aliphatic rings. The largest absolute Gasteiger partial charge is 0.382 e. The fraction of sp³-hybridized carbons (Fsp3) is 0.409. The Hall–Kier alpha value is -2.52. The number of nitrogens with two attached hydrogens (primary N) is 1. The molecule has 28 heavy (non-hydrogen) atoms. The third kappa shape index (κ3) is 3.47. The number of nitrogen functional groups attached to an aromatic ring is 1. The van der Waals surface area contributed by atoms with Crippen LogP contribution in [-0.2, 0) is 6.54 Å². The number of rotatable bonds is 5. The van der Waals surface area contributed by atoms with E-state index in [2.05, 4.69) is 50.1 Å². The summed E-state index contributed by atoms with van der Waals surface area (Å²) in [7, 11) is 0. The molecule has 0 radical (unpaired) electrons. The Bertz CT molecular complexity index is 1030. The molecule has 6 heteroatoms. The standard InChI is InChI=1S/C22H27N5S/c1-8-9-10-11-27-17(7)24-20(23)18-21(27)26-22(25-18)28-19-15(5)13(3)12(2)14(4)16(19)6/h1H,9-11,23H2,2-7H3. The van der Waals surface area contributed by atoms with Crippen molar-refractivity contribution < 1.29 is 0 Å². The van der Waals surface area contributed by atoms with Gasteiger partial charge >= 0.3 is 0 Å². The van der Waals surface area contributed by atoms with E-state index in [0.29, 0.717) is 23.1 Å². The molecule has 1 aromatic carbocycles. The molecule has 0 atom stereocenters. The maximum atomic E-state index is 6.15. The highest BCUT2D eigenvalue weighted by atomic mass is 32.2. The molecule has 0 saturated heterocycles. The highest BCUT2D eigenvalue weighted by Gasteiger charge is 2.22. The Labute approximate surface area is 171 Å². The van der Waals surface area contributed by atoms with E-state index in [1.54, 1.807) is 11.8 Å². The van der Waals surface area contributed by atoms with Gasteiger partial charge in [-0.1, -0.05) is 0 Å². The lowest BCUT2D eigenvalue weighted by atomic mass is 9.95. The molecule has 0 bridgehead atoms. The molecule has 0 unspecified atom stereocenters. The second-order valence-corrected chi connectivity index (χ2v) is 8.22. The van der Waals surface area contributed by atoms with Gasteiger partial charge in [0.2, 0.25) is 0 Å². The Morgan fingerprint density at radius 2 is 1.54 bits per heavy atom. The van der Waals surface area contributed by atoms with Crippen LogP contribution in [0.25, 0.3) is 11.5 Å². The Morgan fingerprint density at radius 3 is 2.14 bits per heavy atom. The van der Waals surface area contributed by atoms with Gasteiger partial charge in [0.25, 0.3) is 0 Å². The highest BCUT2D eigenvalue weighted by molar-refractivity contribution is 7.99. The first-order chi connectivity index (χ1) is 13.3. The lowest BCUT2D eigenvalue weighted by molar-refractivity contribution is 0.619. The molecule has 2 N–H and O–H groups in total. The van der Waals surface area contributed by atoms with E-state index in [9.17, 15) is 0 Å². The molecule has 0 fully saturated rings. The zero-order valence-corrected chi connectivity index (χ0v) is 18.3. The summed E-state index contributed by atoms with van der Waals surface area (Å²) >= 11 is 1.60. The van der Waals surface area contributed by atoms with Crippen LogP contribution in [0.2, 0.25) is 0 Å². The number of aromatic nitrogens is 4. The van der Waals surface area contributed by atoms with E-state index in [-0.39, 0.29) is 0 Å². The normalized spacial score (nSPS) is 11.2. The van der Waals surface area contributed by atoms with E-state index in [1.807, 2.05) is 6.92 Å². The second kappa shape index (κ2) is 7.84. The zero-order valence-electron chi connectivity index (χ0n) is 17.5. The molecule has 0 amide bonds. The summed E-state index contributed by atoms with van der Waals surface area (Å²) in [4.78, 5) is 15.2. The van der Waals surface area contributed by atoms with Gasteiger partial charge in [0.15, 0.2) is 22.5 Å². The summed E-state index contributed by atoms with van der Waals surface area (Å²) in [5, 5.41) is 0.702. The van der Waals surface area contributed by atoms with Crippen molar-refractivity contribution in [2.75, 3.05) is 5.73 Å². The maximum absolute atomic E-state index is 6.15. The number of imidazole rings is 1. The van der Waals surface area contributed by atoms with Gasteiger partial charge < -0.3 is 10.3 Å². The second-order valence-electron chi connectivity index (χ2n) is 7.24. The van der Waals surface area contributed by atoms with Crippen LogP contribution in [0.1, 0.15) is 46.5 Å². The number of benzene rings is 1. The predicted molar refractivity (Wildman–Crippen MR) is 116 cm³/mol. The minimum atomic E-state index is 0.421. The average Bonchev–Trinajstić information content (AvgIpc) is 3.09. The van der Waals surface area contributed by atoms with Crippen LogP contribution in [0, 0.1) is 53.9 Å². The van der Waals surface area contributed by atoms with Gasteiger partial charge in [-0.15, -0.1) is 12.3 Å². The van der Waals surface area contributed by atoms with Crippen molar-refractivity contribution in [2.45, 2.75) is 71.0 Å². The summed E-state index contributed by atoms with van der Waals surface area (Å²) in [5.41, 5.74) is 13.4. The fourth-order valence-electron chi connectivity index (χ4n) is 3.48. The van der Waals surface area contributed by atoms with Crippen molar-refractivity contribution in [3.8, 4) is 23.9 Å². The topological polar surface area (TPSA) is 69.6 Å². The molecule has 0 aliphatic carbocycles. The molecule has 0 aromatic heterocycles. The maximum Gasteiger partial charge on any atom is 0.195 e. The van der Waals surface area contributed by atoms with Gasteiger partial charge in [0.1, 0.15) is 5.82 Å². The van der Waals surface area contributed by atoms with E-state index in [0.717, 1.165) is 24.6 Å². The van der Waals surface area contributed by atoms with Crippen LogP contribution in [-0.4, -0.2) is 19.5 Å². The first kappa shape index (κ1) is 20.2. The van der Waals surface area contributed by atoms with Gasteiger partial charge in [-0.2, -0.15) is 0 Å². The van der Waals surface area contributed by atoms with Crippen LogP contribution in [0.3, 0.4) is 0 Å². The van der Waals surface area contributed by atoms with Crippen LogP contribution in [0.15, 0.2) is 10.1 Å². The van der Waals surface area contributed by atoms with E-state index >= 15 is 0 Å². The van der Waals surface area contributed by atoms with Crippen molar-refractivity contribution in [1.82, 2.24) is 19.5 Å². The number of terminal acetylenes is 1. The summed E-state index contributed by atoms with van der Waals surface area (Å²) in [6, 6.07) is 0. The van der Waals surface area contributed by atoms with Gasteiger partial charge in [-0.25, -0.2) is 15.0 Å². The fourth-order valence-corrected chi connectivity index (χ4v) is 4.54. The van der Waals surface area contributed by atoms with E-state index in [1.165, 1.54) is 32.7 Å².